The van der Waals surface area contributed by atoms with Gasteiger partial charge in [0.2, 0.25) is 0 Å². The molecule has 0 bridgehead atoms. The average molecular weight is 390 g/mol. The molecular formula is C23H22N2O4. The average Bonchev–Trinajstić information content (AvgIpc) is 3.46. The normalized spacial score (nSPS) is 13.0. The first-order valence-corrected chi connectivity index (χ1v) is 9.25. The third-order valence-electron chi connectivity index (χ3n) is 4.48. The molecule has 29 heavy (non-hydrogen) atoms. The van der Waals surface area contributed by atoms with Gasteiger partial charge >= 0.3 is 0 Å². The molecule has 2 heterocycles. The van der Waals surface area contributed by atoms with E-state index in [4.69, 9.17) is 13.6 Å². The van der Waals surface area contributed by atoms with Crippen LogP contribution in [-0.4, -0.2) is 12.2 Å². The fourth-order valence-electron chi connectivity index (χ4n) is 2.99. The monoisotopic (exact) mass is 390 g/mol. The summed E-state index contributed by atoms with van der Waals surface area (Å²) in [5.74, 6) is 1.87. The van der Waals surface area contributed by atoms with Crippen LogP contribution in [0, 0.1) is 0 Å². The number of methoxy groups -OCH3 is 1. The van der Waals surface area contributed by atoms with Crippen molar-refractivity contribution in [2.75, 3.05) is 17.7 Å². The van der Waals surface area contributed by atoms with E-state index in [-0.39, 0.29) is 0 Å². The minimum absolute atomic E-state index is 0.393. The SMILES string of the molecule is COC(Nc1ccccc1)c1ccc(-c2ccc(NC(O)c3ccco3)cc2)o1. The Kier molecular flexibility index (Phi) is 5.65. The molecule has 0 radical (unpaired) electrons. The molecule has 6 nitrogen and oxygen atoms in total. The van der Waals surface area contributed by atoms with E-state index in [2.05, 4.69) is 10.6 Å². The summed E-state index contributed by atoms with van der Waals surface area (Å²) in [6, 6.07) is 24.7. The number of furan rings is 2. The summed E-state index contributed by atoms with van der Waals surface area (Å²) in [4.78, 5) is 0. The number of rotatable bonds is 8. The highest BCUT2D eigenvalue weighted by Gasteiger charge is 2.16. The van der Waals surface area contributed by atoms with Gasteiger partial charge in [0.25, 0.3) is 0 Å². The van der Waals surface area contributed by atoms with Gasteiger partial charge in [-0.3, -0.25) is 0 Å². The summed E-state index contributed by atoms with van der Waals surface area (Å²) < 4.78 is 16.7. The number of benzene rings is 2. The van der Waals surface area contributed by atoms with Gasteiger partial charge in [-0.25, -0.2) is 0 Å². The molecule has 0 aliphatic carbocycles. The van der Waals surface area contributed by atoms with Crippen molar-refractivity contribution < 1.29 is 18.7 Å². The van der Waals surface area contributed by atoms with Crippen LogP contribution in [0.15, 0.2) is 94.0 Å². The van der Waals surface area contributed by atoms with Crippen molar-refractivity contribution in [3.05, 3.63) is 96.6 Å². The third kappa shape index (κ3) is 4.51. The Morgan fingerprint density at radius 3 is 2.24 bits per heavy atom. The van der Waals surface area contributed by atoms with Crippen molar-refractivity contribution in [1.82, 2.24) is 0 Å². The van der Waals surface area contributed by atoms with Crippen LogP contribution in [0.4, 0.5) is 11.4 Å². The number of anilines is 2. The van der Waals surface area contributed by atoms with Crippen LogP contribution in [0.1, 0.15) is 24.0 Å². The molecule has 0 fully saturated rings. The highest BCUT2D eigenvalue weighted by atomic mass is 16.5. The Balaban J connectivity index is 1.44. The van der Waals surface area contributed by atoms with E-state index in [1.165, 1.54) is 6.26 Å². The Morgan fingerprint density at radius 1 is 0.793 bits per heavy atom. The van der Waals surface area contributed by atoms with Gasteiger partial charge in [-0.15, -0.1) is 0 Å². The first-order valence-electron chi connectivity index (χ1n) is 9.25. The number of hydrogen-bond acceptors (Lipinski definition) is 6. The van der Waals surface area contributed by atoms with E-state index < -0.39 is 12.5 Å². The quantitative estimate of drug-likeness (QED) is 0.350. The lowest BCUT2D eigenvalue weighted by Crippen LogP contribution is -2.11. The molecule has 2 aromatic carbocycles. The highest BCUT2D eigenvalue weighted by Crippen LogP contribution is 2.29. The van der Waals surface area contributed by atoms with Gasteiger partial charge in [0, 0.05) is 24.0 Å². The molecule has 0 aliphatic rings. The van der Waals surface area contributed by atoms with Crippen LogP contribution in [0.5, 0.6) is 0 Å². The zero-order chi connectivity index (χ0) is 20.1. The van der Waals surface area contributed by atoms with Crippen LogP contribution in [-0.2, 0) is 4.74 Å². The van der Waals surface area contributed by atoms with Crippen molar-refractivity contribution in [3.8, 4) is 11.3 Å². The lowest BCUT2D eigenvalue weighted by atomic mass is 10.1. The van der Waals surface area contributed by atoms with Crippen molar-refractivity contribution in [2.45, 2.75) is 12.5 Å². The minimum Gasteiger partial charge on any atom is -0.465 e. The van der Waals surface area contributed by atoms with Crippen LogP contribution >= 0.6 is 0 Å². The lowest BCUT2D eigenvalue weighted by molar-refractivity contribution is 0.107. The highest BCUT2D eigenvalue weighted by molar-refractivity contribution is 5.62. The van der Waals surface area contributed by atoms with Crippen molar-refractivity contribution in [3.63, 3.8) is 0 Å². The molecule has 2 aromatic heterocycles. The van der Waals surface area contributed by atoms with Crippen molar-refractivity contribution >= 4 is 11.4 Å². The molecule has 3 N–H and O–H groups in total. The van der Waals surface area contributed by atoms with Crippen LogP contribution in [0.25, 0.3) is 11.3 Å². The predicted molar refractivity (Wildman–Crippen MR) is 111 cm³/mol. The fourth-order valence-corrected chi connectivity index (χ4v) is 2.99. The molecule has 148 valence electrons. The van der Waals surface area contributed by atoms with Crippen LogP contribution < -0.4 is 10.6 Å². The van der Waals surface area contributed by atoms with Gasteiger partial charge in [0.1, 0.15) is 5.76 Å². The number of aliphatic hydroxyl groups excluding tert-OH is 1. The fraction of sp³-hybridized carbons (Fsp3) is 0.130. The second-order valence-electron chi connectivity index (χ2n) is 6.47. The van der Waals surface area contributed by atoms with Gasteiger partial charge in [-0.05, 0) is 60.7 Å². The van der Waals surface area contributed by atoms with Gasteiger partial charge in [0.05, 0.1) is 6.26 Å². The Morgan fingerprint density at radius 2 is 1.55 bits per heavy atom. The number of para-hydroxylation sites is 1. The van der Waals surface area contributed by atoms with Crippen LogP contribution in [0.2, 0.25) is 0 Å². The molecule has 0 saturated carbocycles. The van der Waals surface area contributed by atoms with E-state index in [0.29, 0.717) is 11.5 Å². The number of hydrogen-bond donors (Lipinski definition) is 3. The smallest absolute Gasteiger partial charge is 0.186 e. The van der Waals surface area contributed by atoms with Gasteiger partial charge in [-0.1, -0.05) is 18.2 Å². The number of aliphatic hydroxyl groups is 1. The Labute approximate surface area is 168 Å². The maximum atomic E-state index is 10.1. The summed E-state index contributed by atoms with van der Waals surface area (Å²) in [5, 5.41) is 16.4. The first-order chi connectivity index (χ1) is 14.2. The van der Waals surface area contributed by atoms with Crippen molar-refractivity contribution in [1.29, 1.82) is 0 Å². The summed E-state index contributed by atoms with van der Waals surface area (Å²) in [6.45, 7) is 0. The van der Waals surface area contributed by atoms with E-state index in [0.717, 1.165) is 22.7 Å². The molecule has 0 amide bonds. The van der Waals surface area contributed by atoms with Gasteiger partial charge < -0.3 is 29.3 Å². The topological polar surface area (TPSA) is 79.8 Å². The van der Waals surface area contributed by atoms with E-state index in [9.17, 15) is 5.11 Å². The molecule has 2 atom stereocenters. The molecule has 0 aliphatic heterocycles. The first kappa shape index (κ1) is 18.9. The van der Waals surface area contributed by atoms with E-state index in [1.807, 2.05) is 66.7 Å². The summed E-state index contributed by atoms with van der Waals surface area (Å²) >= 11 is 0. The second-order valence-corrected chi connectivity index (χ2v) is 6.47. The van der Waals surface area contributed by atoms with Crippen molar-refractivity contribution in [2.24, 2.45) is 0 Å². The summed E-state index contributed by atoms with van der Waals surface area (Å²) in [6.07, 6.45) is 0.228. The predicted octanol–water partition coefficient (Wildman–Crippen LogP) is 5.40. The zero-order valence-electron chi connectivity index (χ0n) is 15.9. The number of ether oxygens (including phenoxy) is 1. The van der Waals surface area contributed by atoms with Gasteiger partial charge in [0.15, 0.2) is 24.0 Å². The van der Waals surface area contributed by atoms with E-state index >= 15 is 0 Å². The second kappa shape index (κ2) is 8.68. The van der Waals surface area contributed by atoms with E-state index in [1.54, 1.807) is 19.2 Å². The summed E-state index contributed by atoms with van der Waals surface area (Å²) in [5.41, 5.74) is 2.64. The molecule has 4 rings (SSSR count). The maximum absolute atomic E-state index is 10.1. The molecule has 6 heteroatoms. The van der Waals surface area contributed by atoms with Crippen LogP contribution in [0.3, 0.4) is 0 Å². The zero-order valence-corrected chi connectivity index (χ0v) is 15.9. The number of nitrogens with one attached hydrogen (secondary N) is 2. The lowest BCUT2D eigenvalue weighted by Gasteiger charge is -2.16. The summed E-state index contributed by atoms with van der Waals surface area (Å²) in [7, 11) is 1.63. The third-order valence-corrected chi connectivity index (χ3v) is 4.48. The standard InChI is InChI=1S/C23H22N2O4/c1-27-23(25-17-6-3-2-4-7-17)21-14-13-19(29-21)16-9-11-18(12-10-16)24-22(26)20-8-5-15-28-20/h2-15,22-26H,1H3. The maximum Gasteiger partial charge on any atom is 0.186 e. The molecule has 4 aromatic rings. The molecular weight excluding hydrogens is 368 g/mol. The Bertz CT molecular complexity index is 1010. The van der Waals surface area contributed by atoms with Gasteiger partial charge in [-0.2, -0.15) is 0 Å². The molecule has 2 unspecified atom stereocenters. The molecule has 0 spiro atoms. The minimum atomic E-state index is -0.905. The largest absolute Gasteiger partial charge is 0.465 e. The molecule has 0 saturated heterocycles. The Hall–Kier alpha value is -3.48.